The molecule has 2 fully saturated rings. The highest BCUT2D eigenvalue weighted by Crippen LogP contribution is 2.21. The van der Waals surface area contributed by atoms with Crippen LogP contribution in [0.25, 0.3) is 0 Å². The number of hydrogen-bond acceptors (Lipinski definition) is 3. The Labute approximate surface area is 141 Å². The molecule has 0 bridgehead atoms. The summed E-state index contributed by atoms with van der Waals surface area (Å²) in [5.74, 6) is -0.879. The topological polar surface area (TPSA) is 35.6 Å². The summed E-state index contributed by atoms with van der Waals surface area (Å²) in [5, 5.41) is 3.07. The van der Waals surface area contributed by atoms with Crippen LogP contribution in [0.1, 0.15) is 18.4 Å². The first-order valence-corrected chi connectivity index (χ1v) is 7.80. The van der Waals surface area contributed by atoms with Crippen LogP contribution in [0.4, 0.5) is 8.78 Å². The third-order valence-corrected chi connectivity index (χ3v) is 4.49. The lowest BCUT2D eigenvalue weighted by atomic mass is 10.0. The molecule has 0 spiro atoms. The van der Waals surface area contributed by atoms with Gasteiger partial charge in [0.2, 0.25) is 5.91 Å². The van der Waals surface area contributed by atoms with Gasteiger partial charge in [0.25, 0.3) is 0 Å². The first kappa shape index (κ1) is 18.1. The number of likely N-dealkylation sites (tertiary alicyclic amines) is 1. The van der Waals surface area contributed by atoms with Gasteiger partial charge in [0.15, 0.2) is 0 Å². The van der Waals surface area contributed by atoms with E-state index in [0.717, 1.165) is 25.9 Å². The van der Waals surface area contributed by atoms with Crippen LogP contribution < -0.4 is 5.32 Å². The van der Waals surface area contributed by atoms with E-state index < -0.39 is 11.6 Å². The Morgan fingerprint density at radius 2 is 1.96 bits per heavy atom. The van der Waals surface area contributed by atoms with Crippen molar-refractivity contribution < 1.29 is 13.6 Å². The van der Waals surface area contributed by atoms with Crippen LogP contribution in [0.3, 0.4) is 0 Å². The average molecular weight is 346 g/mol. The Hall–Kier alpha value is -1.24. The molecular weight excluding hydrogens is 324 g/mol. The van der Waals surface area contributed by atoms with Crippen LogP contribution in [-0.2, 0) is 11.3 Å². The lowest BCUT2D eigenvalue weighted by molar-refractivity contribution is -0.135. The fourth-order valence-corrected chi connectivity index (χ4v) is 3.34. The summed E-state index contributed by atoms with van der Waals surface area (Å²) in [6.07, 6.45) is 1.90. The maximum atomic E-state index is 13.8. The Balaban J connectivity index is 0.00000192. The molecule has 1 atom stereocenters. The molecule has 128 valence electrons. The van der Waals surface area contributed by atoms with Crippen molar-refractivity contribution in [2.45, 2.75) is 25.4 Å². The summed E-state index contributed by atoms with van der Waals surface area (Å²) in [5.41, 5.74) is 0.120. The number of amides is 1. The number of piperazine rings is 1. The van der Waals surface area contributed by atoms with Gasteiger partial charge in [0.05, 0.1) is 6.54 Å². The van der Waals surface area contributed by atoms with Gasteiger partial charge in [-0.15, -0.1) is 12.4 Å². The van der Waals surface area contributed by atoms with Crippen LogP contribution in [0, 0.1) is 11.6 Å². The van der Waals surface area contributed by atoms with E-state index in [4.69, 9.17) is 0 Å². The fourth-order valence-electron chi connectivity index (χ4n) is 3.34. The van der Waals surface area contributed by atoms with Gasteiger partial charge in [0, 0.05) is 37.8 Å². The normalized spacial score (nSPS) is 22.8. The second-order valence-corrected chi connectivity index (χ2v) is 6.00. The average Bonchev–Trinajstić information content (AvgIpc) is 2.52. The van der Waals surface area contributed by atoms with E-state index in [2.05, 4.69) is 5.32 Å². The molecule has 1 unspecified atom stereocenters. The quantitative estimate of drug-likeness (QED) is 0.907. The molecule has 2 saturated heterocycles. The Morgan fingerprint density at radius 1 is 1.22 bits per heavy atom. The van der Waals surface area contributed by atoms with Gasteiger partial charge < -0.3 is 10.2 Å². The van der Waals surface area contributed by atoms with Gasteiger partial charge in [-0.1, -0.05) is 6.07 Å². The van der Waals surface area contributed by atoms with Crippen molar-refractivity contribution in [2.24, 2.45) is 0 Å². The van der Waals surface area contributed by atoms with E-state index in [1.165, 1.54) is 18.2 Å². The van der Waals surface area contributed by atoms with Gasteiger partial charge in [0.1, 0.15) is 11.6 Å². The highest BCUT2D eigenvalue weighted by atomic mass is 35.5. The molecule has 3 rings (SSSR count). The Kier molecular flexibility index (Phi) is 6.33. The monoisotopic (exact) mass is 345 g/mol. The summed E-state index contributed by atoms with van der Waals surface area (Å²) >= 11 is 0. The highest BCUT2D eigenvalue weighted by Gasteiger charge is 2.30. The van der Waals surface area contributed by atoms with Gasteiger partial charge in [-0.05, 0) is 31.5 Å². The molecule has 2 aliphatic rings. The van der Waals surface area contributed by atoms with Gasteiger partial charge in [-0.3, -0.25) is 9.69 Å². The molecule has 23 heavy (non-hydrogen) atoms. The van der Waals surface area contributed by atoms with Crippen molar-refractivity contribution in [3.05, 3.63) is 35.4 Å². The molecular formula is C16H22ClF2N3O. The van der Waals surface area contributed by atoms with Crippen molar-refractivity contribution >= 4 is 18.3 Å². The lowest BCUT2D eigenvalue weighted by Gasteiger charge is -2.41. The predicted octanol–water partition coefficient (Wildman–Crippen LogP) is 1.78. The molecule has 0 aromatic heterocycles. The van der Waals surface area contributed by atoms with Crippen molar-refractivity contribution in [3.63, 3.8) is 0 Å². The molecule has 0 radical (unpaired) electrons. The third kappa shape index (κ3) is 4.19. The molecule has 1 aromatic carbocycles. The zero-order valence-corrected chi connectivity index (χ0v) is 13.7. The number of benzene rings is 1. The van der Waals surface area contributed by atoms with Crippen LogP contribution in [0.5, 0.6) is 0 Å². The number of rotatable bonds is 3. The predicted molar refractivity (Wildman–Crippen MR) is 86.5 cm³/mol. The minimum atomic E-state index is -0.500. The lowest BCUT2D eigenvalue weighted by Crippen LogP contribution is -2.56. The number of nitrogens with zero attached hydrogens (tertiary/aromatic N) is 2. The molecule has 2 heterocycles. The van der Waals surface area contributed by atoms with Crippen LogP contribution in [-0.4, -0.2) is 54.5 Å². The standard InChI is InChI=1S/C16H21F2N3O.ClH/c17-14-4-1-5-15(18)13(14)11-20-7-2-3-12(10-20)21-8-6-19-9-16(21)22;/h1,4-5,12,19H,2-3,6-11H2;1H. The molecule has 1 aromatic rings. The summed E-state index contributed by atoms with van der Waals surface area (Å²) in [7, 11) is 0. The second kappa shape index (κ2) is 8.04. The summed E-state index contributed by atoms with van der Waals surface area (Å²) in [4.78, 5) is 16.0. The van der Waals surface area contributed by atoms with Gasteiger partial charge in [-0.25, -0.2) is 8.78 Å². The number of piperidine rings is 1. The minimum absolute atomic E-state index is 0. The van der Waals surface area contributed by atoms with Crippen molar-refractivity contribution in [1.29, 1.82) is 0 Å². The fraction of sp³-hybridized carbons (Fsp3) is 0.562. The SMILES string of the molecule is Cl.O=C1CNCCN1C1CCCN(Cc2c(F)cccc2F)C1. The molecule has 0 saturated carbocycles. The van der Waals surface area contributed by atoms with E-state index in [9.17, 15) is 13.6 Å². The van der Waals surface area contributed by atoms with Crippen LogP contribution in [0.2, 0.25) is 0 Å². The number of carbonyl (C=O) groups is 1. The maximum absolute atomic E-state index is 13.8. The van der Waals surface area contributed by atoms with E-state index in [1.54, 1.807) is 0 Å². The first-order chi connectivity index (χ1) is 10.6. The molecule has 2 aliphatic heterocycles. The molecule has 1 amide bonds. The number of carbonyl (C=O) groups excluding carboxylic acids is 1. The number of nitrogens with one attached hydrogen (secondary N) is 1. The molecule has 4 nitrogen and oxygen atoms in total. The van der Waals surface area contributed by atoms with Crippen molar-refractivity contribution in [1.82, 2.24) is 15.1 Å². The first-order valence-electron chi connectivity index (χ1n) is 7.80. The minimum Gasteiger partial charge on any atom is -0.336 e. The largest absolute Gasteiger partial charge is 0.336 e. The smallest absolute Gasteiger partial charge is 0.236 e. The van der Waals surface area contributed by atoms with Gasteiger partial charge in [-0.2, -0.15) is 0 Å². The zero-order valence-electron chi connectivity index (χ0n) is 12.9. The third-order valence-electron chi connectivity index (χ3n) is 4.49. The Morgan fingerprint density at radius 3 is 2.65 bits per heavy atom. The van der Waals surface area contributed by atoms with E-state index in [-0.39, 0.29) is 36.5 Å². The Bertz CT molecular complexity index is 538. The van der Waals surface area contributed by atoms with Crippen LogP contribution in [0.15, 0.2) is 18.2 Å². The molecule has 0 aliphatic carbocycles. The van der Waals surface area contributed by atoms with E-state index in [0.29, 0.717) is 19.6 Å². The summed E-state index contributed by atoms with van der Waals surface area (Å²) in [6, 6.07) is 4.12. The number of halogens is 3. The van der Waals surface area contributed by atoms with E-state index in [1.807, 2.05) is 9.80 Å². The highest BCUT2D eigenvalue weighted by molar-refractivity contribution is 5.85. The van der Waals surface area contributed by atoms with Crippen molar-refractivity contribution in [2.75, 3.05) is 32.7 Å². The zero-order chi connectivity index (χ0) is 15.5. The van der Waals surface area contributed by atoms with Crippen molar-refractivity contribution in [3.8, 4) is 0 Å². The van der Waals surface area contributed by atoms with E-state index >= 15 is 0 Å². The molecule has 1 N–H and O–H groups in total. The maximum Gasteiger partial charge on any atom is 0.236 e. The summed E-state index contributed by atoms with van der Waals surface area (Å²) < 4.78 is 27.6. The van der Waals surface area contributed by atoms with Gasteiger partial charge >= 0.3 is 0 Å². The summed E-state index contributed by atoms with van der Waals surface area (Å²) in [6.45, 7) is 3.66. The van der Waals surface area contributed by atoms with Crippen LogP contribution >= 0.6 is 12.4 Å². The number of hydrogen-bond donors (Lipinski definition) is 1. The molecule has 7 heteroatoms. The second-order valence-electron chi connectivity index (χ2n) is 6.00.